The van der Waals surface area contributed by atoms with Gasteiger partial charge in [-0.15, -0.1) is 0 Å². The number of aromatic nitrogens is 4. The zero-order valence-electron chi connectivity index (χ0n) is 45.3. The summed E-state index contributed by atoms with van der Waals surface area (Å²) in [6.45, 7) is 6.87. The number of sulfonamides is 2. The maximum absolute atomic E-state index is 13.6. The molecule has 10 rings (SSSR count). The van der Waals surface area contributed by atoms with Gasteiger partial charge < -0.3 is 24.1 Å². The Morgan fingerprint density at radius 2 is 1.05 bits per heavy atom. The molecule has 4 fully saturated rings. The molecule has 23 nitrogen and oxygen atoms in total. The summed E-state index contributed by atoms with van der Waals surface area (Å²) in [5.41, 5.74) is 1.92. The van der Waals surface area contributed by atoms with Crippen molar-refractivity contribution >= 4 is 94.9 Å². The SMILES string of the molecule is CC1(COc2c(N3CCN(S(=O)(=O)Cc4ccc(CCC=O)c([N+](=O)[O-])c4)CC3)cnn(-c3cccc(Cl)c3)c2=O)CC1.CC1(COc2c(N3CCN(S(=O)(=O)Cc4ccc(I)c([N+](=O)[O-])c4)CC3)cnn(-c3cccc(Cl)c3)c2=O)CC1. The van der Waals surface area contributed by atoms with E-state index in [2.05, 4.69) is 24.0 Å². The molecule has 0 N–H and O–H groups in total. The number of hydrogen-bond acceptors (Lipinski definition) is 17. The van der Waals surface area contributed by atoms with Gasteiger partial charge in [-0.05, 0) is 108 Å². The second kappa shape index (κ2) is 25.3. The molecule has 6 aromatic rings. The van der Waals surface area contributed by atoms with Gasteiger partial charge in [0.15, 0.2) is 0 Å². The number of nitro groups is 2. The molecule has 0 unspecified atom stereocenters. The van der Waals surface area contributed by atoms with Crippen molar-refractivity contribution in [3.05, 3.63) is 169 Å². The number of nitro benzene ring substituents is 2. The molecule has 4 aliphatic rings. The number of piperazine rings is 2. The van der Waals surface area contributed by atoms with E-state index in [0.29, 0.717) is 98.7 Å². The highest BCUT2D eigenvalue weighted by Crippen LogP contribution is 2.46. The largest absolute Gasteiger partial charge is 0.486 e. The normalized spacial score (nSPS) is 16.8. The summed E-state index contributed by atoms with van der Waals surface area (Å²) in [6, 6.07) is 22.4. The quantitative estimate of drug-likeness (QED) is 0.0286. The van der Waals surface area contributed by atoms with Gasteiger partial charge in [0.1, 0.15) is 17.7 Å². The molecule has 83 heavy (non-hydrogen) atoms. The van der Waals surface area contributed by atoms with Crippen LogP contribution in [0, 0.1) is 34.6 Å². The Bertz CT molecular complexity index is 3810. The number of carbonyl (C=O) groups excluding carboxylic acids is 1. The van der Waals surface area contributed by atoms with Gasteiger partial charge in [0.2, 0.25) is 31.5 Å². The number of halogens is 3. The zero-order valence-corrected chi connectivity index (χ0v) is 50.6. The third kappa shape index (κ3) is 14.9. The lowest BCUT2D eigenvalue weighted by atomic mass is 10.1. The lowest BCUT2D eigenvalue weighted by molar-refractivity contribution is -0.385. The Hall–Kier alpha value is -6.56. The first-order valence-corrected chi connectivity index (χ1v) is 31.6. The van der Waals surface area contributed by atoms with Gasteiger partial charge in [0.05, 0.1) is 61.9 Å². The minimum Gasteiger partial charge on any atom is -0.486 e. The molecule has 4 heterocycles. The van der Waals surface area contributed by atoms with Crippen LogP contribution in [0.2, 0.25) is 10.0 Å². The number of benzene rings is 4. The molecule has 2 aliphatic heterocycles. The van der Waals surface area contributed by atoms with E-state index in [0.717, 1.165) is 25.7 Å². The van der Waals surface area contributed by atoms with Crippen molar-refractivity contribution in [2.45, 2.75) is 63.9 Å². The lowest BCUT2D eigenvalue weighted by Gasteiger charge is -2.35. The van der Waals surface area contributed by atoms with Gasteiger partial charge in [-0.2, -0.15) is 28.2 Å². The van der Waals surface area contributed by atoms with Crippen molar-refractivity contribution in [1.82, 2.24) is 28.2 Å². The summed E-state index contributed by atoms with van der Waals surface area (Å²) in [7, 11) is -7.53. The van der Waals surface area contributed by atoms with Crippen LogP contribution in [-0.4, -0.2) is 127 Å². The first kappa shape index (κ1) is 61.0. The van der Waals surface area contributed by atoms with Gasteiger partial charge in [0.25, 0.3) is 11.4 Å². The number of anilines is 2. The van der Waals surface area contributed by atoms with E-state index in [1.165, 1.54) is 36.2 Å². The number of aldehydes is 1. The molecular formula is C55H59Cl2IN10O13S2. The molecule has 2 aliphatic carbocycles. The van der Waals surface area contributed by atoms with E-state index in [-0.39, 0.29) is 78.5 Å². The van der Waals surface area contributed by atoms with Gasteiger partial charge in [-0.1, -0.05) is 67.4 Å². The molecule has 440 valence electrons. The van der Waals surface area contributed by atoms with Gasteiger partial charge in [-0.3, -0.25) is 29.8 Å². The number of rotatable bonds is 21. The van der Waals surface area contributed by atoms with Crippen LogP contribution in [-0.2, 0) is 42.8 Å². The Morgan fingerprint density at radius 1 is 0.627 bits per heavy atom. The number of carbonyl (C=O) groups is 1. The third-order valence-corrected chi connectivity index (χ3v) is 20.1. The van der Waals surface area contributed by atoms with E-state index in [1.54, 1.807) is 79.1 Å². The number of aryl methyl sites for hydroxylation is 1. The Morgan fingerprint density at radius 3 is 1.45 bits per heavy atom. The molecule has 0 spiro atoms. The van der Waals surface area contributed by atoms with Gasteiger partial charge in [0, 0.05) is 97.4 Å². The van der Waals surface area contributed by atoms with Crippen LogP contribution in [0.3, 0.4) is 0 Å². The molecule has 0 amide bonds. The minimum atomic E-state index is -3.80. The third-order valence-electron chi connectivity index (χ3n) is 15.0. The van der Waals surface area contributed by atoms with Crippen LogP contribution < -0.4 is 30.4 Å². The number of ether oxygens (including phenoxy) is 2. The molecule has 2 saturated carbocycles. The monoisotopic (exact) mass is 1330 g/mol. The minimum absolute atomic E-state index is 0.0163. The van der Waals surface area contributed by atoms with Crippen LogP contribution in [0.1, 0.15) is 62.6 Å². The van der Waals surface area contributed by atoms with Crippen molar-refractivity contribution in [2.75, 3.05) is 75.4 Å². The summed E-state index contributed by atoms with van der Waals surface area (Å²) in [6.07, 6.45) is 8.23. The van der Waals surface area contributed by atoms with Crippen molar-refractivity contribution in [1.29, 1.82) is 0 Å². The van der Waals surface area contributed by atoms with E-state index in [1.807, 2.05) is 32.4 Å². The smallest absolute Gasteiger partial charge is 0.316 e. The molecule has 28 heteroatoms. The standard InChI is InChI=1S/C29H32ClN5O7S.C26H27ClIN5O6S/c1-29(9-10-29)20-42-27-26(18-31-34(28(27)37)24-6-2-5-23(30)17-24)32-11-13-33(14-12-32)43(40,41)19-21-7-8-22(4-3-15-36)25(16-21)35(38)39;1-26(7-8-26)17-39-24-23(15-29-32(25(24)34)20-4-2-3-19(27)14-20)30-9-11-31(12-10-30)40(37,38)16-18-5-6-21(28)22(13-18)33(35)36/h2,5-8,15-18H,3-4,9-14,19-20H2,1H3;2-6,13-15H,7-12,16-17H2,1H3. The van der Waals surface area contributed by atoms with Crippen LogP contribution in [0.4, 0.5) is 22.7 Å². The highest BCUT2D eigenvalue weighted by molar-refractivity contribution is 14.1. The fourth-order valence-electron chi connectivity index (χ4n) is 9.47. The number of nitrogens with zero attached hydrogens (tertiary/aromatic N) is 10. The summed E-state index contributed by atoms with van der Waals surface area (Å²) >= 11 is 14.1. The van der Waals surface area contributed by atoms with Crippen LogP contribution in [0.5, 0.6) is 11.5 Å². The Balaban J connectivity index is 0.000000200. The average molecular weight is 1330 g/mol. The first-order chi connectivity index (χ1) is 39.4. The van der Waals surface area contributed by atoms with Crippen molar-refractivity contribution < 1.29 is 41.0 Å². The maximum atomic E-state index is 13.6. The van der Waals surface area contributed by atoms with Gasteiger partial charge >= 0.3 is 11.1 Å². The van der Waals surface area contributed by atoms with Crippen molar-refractivity contribution in [2.24, 2.45) is 10.8 Å². The average Bonchev–Trinajstić information content (AvgIpc) is 4.56. The number of hydrogen-bond donors (Lipinski definition) is 0. The summed E-state index contributed by atoms with van der Waals surface area (Å²) < 4.78 is 70.8. The highest BCUT2D eigenvalue weighted by Gasteiger charge is 2.40. The van der Waals surface area contributed by atoms with E-state index < -0.39 is 46.8 Å². The van der Waals surface area contributed by atoms with Crippen LogP contribution in [0.25, 0.3) is 11.4 Å². The maximum Gasteiger partial charge on any atom is 0.316 e. The van der Waals surface area contributed by atoms with E-state index in [9.17, 15) is 51.4 Å². The molecule has 2 aromatic heterocycles. The fraction of sp³-hybridized carbons (Fsp3) is 0.400. The first-order valence-electron chi connectivity index (χ1n) is 26.6. The van der Waals surface area contributed by atoms with Crippen molar-refractivity contribution in [3.8, 4) is 22.9 Å². The summed E-state index contributed by atoms with van der Waals surface area (Å²) in [5.74, 6) is -0.409. The van der Waals surface area contributed by atoms with E-state index >= 15 is 0 Å². The van der Waals surface area contributed by atoms with Crippen molar-refractivity contribution in [3.63, 3.8) is 0 Å². The highest BCUT2D eigenvalue weighted by atomic mass is 127. The van der Waals surface area contributed by atoms with E-state index in [4.69, 9.17) is 32.7 Å². The Kier molecular flexibility index (Phi) is 18.6. The second-order valence-corrected chi connectivity index (χ2v) is 27.5. The molecule has 0 radical (unpaired) electrons. The molecule has 4 aromatic carbocycles. The predicted molar refractivity (Wildman–Crippen MR) is 321 cm³/mol. The van der Waals surface area contributed by atoms with Crippen LogP contribution >= 0.6 is 45.8 Å². The van der Waals surface area contributed by atoms with Gasteiger partial charge in [-0.25, -0.2) is 16.8 Å². The lowest BCUT2D eigenvalue weighted by Crippen LogP contribution is -2.49. The fourth-order valence-corrected chi connectivity index (χ4v) is 13.4. The predicted octanol–water partition coefficient (Wildman–Crippen LogP) is 7.99. The second-order valence-electron chi connectivity index (χ2n) is 21.6. The zero-order chi connectivity index (χ0) is 59.4. The summed E-state index contributed by atoms with van der Waals surface area (Å²) in [4.78, 5) is 63.4. The molecular weight excluding hydrogens is 1270 g/mol. The molecule has 0 bridgehead atoms. The summed E-state index contributed by atoms with van der Waals surface area (Å²) in [5, 5.41) is 32.5. The molecule has 0 atom stereocenters. The molecule has 2 saturated heterocycles. The topological polar surface area (TPSA) is 273 Å². The van der Waals surface area contributed by atoms with Crippen LogP contribution in [0.15, 0.2) is 107 Å². The Labute approximate surface area is 502 Å².